The Labute approximate surface area is 133 Å². The topological polar surface area (TPSA) is 179 Å². The van der Waals surface area contributed by atoms with Crippen LogP contribution in [-0.4, -0.2) is 63.8 Å². The third-order valence-electron chi connectivity index (χ3n) is 3.37. The minimum atomic E-state index is -1.67. The summed E-state index contributed by atoms with van der Waals surface area (Å²) in [5.41, 5.74) is 5.69. The minimum Gasteiger partial charge on any atom is -0.481 e. The molecule has 0 aromatic carbocycles. The Morgan fingerprint density at radius 1 is 1.04 bits per heavy atom. The number of amides is 2. The summed E-state index contributed by atoms with van der Waals surface area (Å²) >= 11 is 0. The van der Waals surface area contributed by atoms with E-state index in [9.17, 15) is 24.3 Å². The highest BCUT2D eigenvalue weighted by Crippen LogP contribution is 2.05. The van der Waals surface area contributed by atoms with E-state index < -0.39 is 54.9 Å². The maximum absolute atomic E-state index is 11.9. The van der Waals surface area contributed by atoms with Crippen LogP contribution in [0.1, 0.15) is 26.7 Å². The monoisotopic (exact) mass is 333 g/mol. The van der Waals surface area contributed by atoms with Gasteiger partial charge in [-0.15, -0.1) is 0 Å². The third-order valence-corrected chi connectivity index (χ3v) is 3.37. The van der Waals surface area contributed by atoms with Gasteiger partial charge in [0.1, 0.15) is 12.1 Å². The fourth-order valence-corrected chi connectivity index (χ4v) is 1.62. The van der Waals surface area contributed by atoms with Gasteiger partial charge in [0.05, 0.1) is 19.1 Å². The molecule has 0 rings (SSSR count). The average molecular weight is 333 g/mol. The Morgan fingerprint density at radius 2 is 1.57 bits per heavy atom. The lowest BCUT2D eigenvalue weighted by Crippen LogP contribution is -2.56. The number of carbonyl (C=O) groups excluding carboxylic acids is 2. The molecule has 0 aliphatic heterocycles. The fraction of sp³-hybridized carbons (Fsp3) is 0.692. The Morgan fingerprint density at radius 3 is 1.96 bits per heavy atom. The van der Waals surface area contributed by atoms with Crippen molar-refractivity contribution in [3.8, 4) is 0 Å². The van der Waals surface area contributed by atoms with Gasteiger partial charge in [0, 0.05) is 0 Å². The second-order valence-corrected chi connectivity index (χ2v) is 5.15. The zero-order valence-corrected chi connectivity index (χ0v) is 13.0. The second kappa shape index (κ2) is 9.74. The highest BCUT2D eigenvalue weighted by molar-refractivity contribution is 5.92. The predicted molar refractivity (Wildman–Crippen MR) is 78.3 cm³/mol. The van der Waals surface area contributed by atoms with Crippen LogP contribution < -0.4 is 16.4 Å². The molecule has 7 N–H and O–H groups in total. The summed E-state index contributed by atoms with van der Waals surface area (Å²) in [7, 11) is 0. The van der Waals surface area contributed by atoms with Crippen LogP contribution in [0.5, 0.6) is 0 Å². The van der Waals surface area contributed by atoms with Crippen LogP contribution in [0.2, 0.25) is 0 Å². The lowest BCUT2D eigenvalue weighted by Gasteiger charge is -2.23. The highest BCUT2D eigenvalue weighted by atomic mass is 16.4. The van der Waals surface area contributed by atoms with E-state index in [4.69, 9.17) is 15.9 Å². The molecule has 0 saturated carbocycles. The molecule has 0 saturated heterocycles. The SMILES string of the molecule is CCC(C)C(N)C(=O)NC(CO)C(=O)NC(CC(=O)O)C(=O)O. The van der Waals surface area contributed by atoms with E-state index in [1.165, 1.54) is 0 Å². The number of nitrogens with two attached hydrogens (primary N) is 1. The maximum Gasteiger partial charge on any atom is 0.326 e. The largest absolute Gasteiger partial charge is 0.481 e. The van der Waals surface area contributed by atoms with E-state index in [2.05, 4.69) is 5.32 Å². The van der Waals surface area contributed by atoms with Crippen molar-refractivity contribution in [2.24, 2.45) is 11.7 Å². The Hall–Kier alpha value is -2.20. The van der Waals surface area contributed by atoms with Gasteiger partial charge < -0.3 is 31.7 Å². The van der Waals surface area contributed by atoms with Crippen LogP contribution in [0.25, 0.3) is 0 Å². The van der Waals surface area contributed by atoms with Crippen molar-refractivity contribution in [1.82, 2.24) is 10.6 Å². The van der Waals surface area contributed by atoms with E-state index in [-0.39, 0.29) is 5.92 Å². The molecule has 132 valence electrons. The van der Waals surface area contributed by atoms with Crippen molar-refractivity contribution in [3.63, 3.8) is 0 Å². The van der Waals surface area contributed by atoms with Gasteiger partial charge in [0.25, 0.3) is 0 Å². The van der Waals surface area contributed by atoms with Crippen LogP contribution in [-0.2, 0) is 19.2 Å². The molecule has 0 spiro atoms. The van der Waals surface area contributed by atoms with E-state index in [1.807, 2.05) is 12.2 Å². The first kappa shape index (κ1) is 20.8. The molecule has 2 amide bonds. The minimum absolute atomic E-state index is 0.156. The van der Waals surface area contributed by atoms with Crippen LogP contribution >= 0.6 is 0 Å². The normalized spacial score (nSPS) is 15.8. The number of carbonyl (C=O) groups is 4. The van der Waals surface area contributed by atoms with E-state index >= 15 is 0 Å². The summed E-state index contributed by atoms with van der Waals surface area (Å²) in [5, 5.41) is 30.8. The van der Waals surface area contributed by atoms with Gasteiger partial charge in [-0.1, -0.05) is 20.3 Å². The number of carboxylic acid groups (broad SMARTS) is 2. The molecule has 0 radical (unpaired) electrons. The van der Waals surface area contributed by atoms with Gasteiger partial charge in [0.2, 0.25) is 11.8 Å². The van der Waals surface area contributed by atoms with Crippen molar-refractivity contribution in [1.29, 1.82) is 0 Å². The number of aliphatic hydroxyl groups excluding tert-OH is 1. The van der Waals surface area contributed by atoms with Gasteiger partial charge in [-0.05, 0) is 5.92 Å². The molecule has 0 aliphatic rings. The first-order valence-electron chi connectivity index (χ1n) is 7.05. The van der Waals surface area contributed by atoms with Crippen molar-refractivity contribution in [2.45, 2.75) is 44.8 Å². The molecule has 0 fully saturated rings. The number of hydrogen-bond donors (Lipinski definition) is 6. The Kier molecular flexibility index (Phi) is 8.81. The zero-order valence-electron chi connectivity index (χ0n) is 13.0. The van der Waals surface area contributed by atoms with Crippen LogP contribution in [0, 0.1) is 5.92 Å². The van der Waals surface area contributed by atoms with Crippen molar-refractivity contribution >= 4 is 23.8 Å². The molecule has 0 aromatic heterocycles. The standard InChI is InChI=1S/C13H23N3O7/c1-3-6(2)10(14)12(21)16-8(5-17)11(20)15-7(13(22)23)4-9(18)19/h6-8,10,17H,3-5,14H2,1-2H3,(H,15,20)(H,16,21)(H,18,19)(H,22,23). The summed E-state index contributed by atoms with van der Waals surface area (Å²) in [4.78, 5) is 45.2. The van der Waals surface area contributed by atoms with Crippen molar-refractivity contribution in [3.05, 3.63) is 0 Å². The highest BCUT2D eigenvalue weighted by Gasteiger charge is 2.29. The van der Waals surface area contributed by atoms with E-state index in [1.54, 1.807) is 6.92 Å². The zero-order chi connectivity index (χ0) is 18.2. The molecule has 10 nitrogen and oxygen atoms in total. The van der Waals surface area contributed by atoms with Gasteiger partial charge in [-0.3, -0.25) is 14.4 Å². The summed E-state index contributed by atoms with van der Waals surface area (Å²) < 4.78 is 0. The smallest absolute Gasteiger partial charge is 0.326 e. The molecule has 0 bridgehead atoms. The first-order valence-corrected chi connectivity index (χ1v) is 7.05. The van der Waals surface area contributed by atoms with Crippen LogP contribution in [0.3, 0.4) is 0 Å². The van der Waals surface area contributed by atoms with E-state index in [0.29, 0.717) is 6.42 Å². The molecule has 4 unspecified atom stereocenters. The number of hydrogen-bond acceptors (Lipinski definition) is 6. The number of carboxylic acids is 2. The lowest BCUT2D eigenvalue weighted by molar-refractivity contribution is -0.147. The quantitative estimate of drug-likeness (QED) is 0.262. The van der Waals surface area contributed by atoms with Crippen molar-refractivity contribution in [2.75, 3.05) is 6.61 Å². The van der Waals surface area contributed by atoms with E-state index in [0.717, 1.165) is 0 Å². The fourth-order valence-electron chi connectivity index (χ4n) is 1.62. The van der Waals surface area contributed by atoms with Gasteiger partial charge in [0.15, 0.2) is 0 Å². The molecule has 0 aliphatic carbocycles. The molecular formula is C13H23N3O7. The number of aliphatic carboxylic acids is 2. The second-order valence-electron chi connectivity index (χ2n) is 5.15. The number of nitrogens with one attached hydrogen (secondary N) is 2. The third kappa shape index (κ3) is 7.06. The van der Waals surface area contributed by atoms with Gasteiger partial charge in [-0.2, -0.15) is 0 Å². The first-order chi connectivity index (χ1) is 10.6. The molecule has 10 heteroatoms. The Balaban J connectivity index is 4.82. The molecule has 0 heterocycles. The summed E-state index contributed by atoms with van der Waals surface area (Å²) in [6.45, 7) is 2.78. The molecule has 4 atom stereocenters. The molecular weight excluding hydrogens is 310 g/mol. The van der Waals surface area contributed by atoms with Crippen LogP contribution in [0.15, 0.2) is 0 Å². The molecule has 0 aromatic rings. The summed E-state index contributed by atoms with van der Waals surface area (Å²) in [6.07, 6.45) is -0.205. The summed E-state index contributed by atoms with van der Waals surface area (Å²) in [6, 6.07) is -3.99. The predicted octanol–water partition coefficient (Wildman–Crippen LogP) is -2.12. The van der Waals surface area contributed by atoms with Crippen molar-refractivity contribution < 1.29 is 34.5 Å². The number of rotatable bonds is 10. The Bertz CT molecular complexity index is 455. The number of aliphatic hydroxyl groups is 1. The van der Waals surface area contributed by atoms with Crippen LogP contribution in [0.4, 0.5) is 0 Å². The lowest BCUT2D eigenvalue weighted by atomic mass is 9.99. The van der Waals surface area contributed by atoms with Gasteiger partial charge in [-0.25, -0.2) is 4.79 Å². The summed E-state index contributed by atoms with van der Waals surface area (Å²) in [5.74, 6) is -4.79. The average Bonchev–Trinajstić information content (AvgIpc) is 2.49. The van der Waals surface area contributed by atoms with Gasteiger partial charge >= 0.3 is 11.9 Å². The molecule has 23 heavy (non-hydrogen) atoms. The maximum atomic E-state index is 11.9.